The molecule has 0 radical (unpaired) electrons. The third kappa shape index (κ3) is 3.63. The molecule has 176 valence electrons. The second kappa shape index (κ2) is 8.02. The molecule has 0 N–H and O–H groups in total. The van der Waals surface area contributed by atoms with Crippen molar-refractivity contribution in [2.75, 3.05) is 19.6 Å². The van der Waals surface area contributed by atoms with Crippen molar-refractivity contribution in [2.45, 2.75) is 31.8 Å². The lowest BCUT2D eigenvalue weighted by molar-refractivity contribution is -0.118. The van der Waals surface area contributed by atoms with Gasteiger partial charge in [-0.05, 0) is 56.0 Å². The lowest BCUT2D eigenvalue weighted by Crippen LogP contribution is -2.64. The average molecular weight is 483 g/mol. The lowest BCUT2D eigenvalue weighted by Gasteiger charge is -2.58. The molecule has 1 aromatic carbocycles. The molecule has 0 atom stereocenters. The van der Waals surface area contributed by atoms with Gasteiger partial charge in [-0.1, -0.05) is 11.6 Å². The van der Waals surface area contributed by atoms with Crippen LogP contribution in [0.5, 0.6) is 5.75 Å². The topological polar surface area (TPSA) is 77.6 Å². The maximum atomic E-state index is 14.3. The molecule has 0 unspecified atom stereocenters. The first-order valence-corrected chi connectivity index (χ1v) is 11.8. The fraction of sp³-hybridized carbons (Fsp3) is 0.417. The number of rotatable bonds is 6. The smallest absolute Gasteiger partial charge is 0.262 e. The van der Waals surface area contributed by atoms with Gasteiger partial charge >= 0.3 is 0 Å². The minimum absolute atomic E-state index is 0.112. The Hall–Kier alpha value is -3.04. The molecule has 6 rings (SSSR count). The SMILES string of the molecule is Cn1cnc2c(OC3CC4(C3)CN(CCCc3cc5nncn5cc3F)C4)ccc(Cl)c2c1=O. The van der Waals surface area contributed by atoms with Crippen LogP contribution in [0.25, 0.3) is 16.6 Å². The average Bonchev–Trinajstić information content (AvgIpc) is 3.21. The number of likely N-dealkylation sites (tertiary alicyclic amines) is 1. The predicted octanol–water partition coefficient (Wildman–Crippen LogP) is 3.24. The van der Waals surface area contributed by atoms with E-state index in [9.17, 15) is 9.18 Å². The molecule has 10 heteroatoms. The van der Waals surface area contributed by atoms with E-state index in [-0.39, 0.29) is 17.5 Å². The molecule has 0 amide bonds. The van der Waals surface area contributed by atoms with Crippen molar-refractivity contribution in [3.8, 4) is 5.75 Å². The Balaban J connectivity index is 1.01. The highest BCUT2D eigenvalue weighted by atomic mass is 35.5. The number of aromatic nitrogens is 5. The third-order valence-electron chi connectivity index (χ3n) is 7.10. The Morgan fingerprint density at radius 1 is 1.26 bits per heavy atom. The summed E-state index contributed by atoms with van der Waals surface area (Å²) in [4.78, 5) is 19.3. The summed E-state index contributed by atoms with van der Waals surface area (Å²) in [6, 6.07) is 5.27. The van der Waals surface area contributed by atoms with Gasteiger partial charge in [0, 0.05) is 31.7 Å². The van der Waals surface area contributed by atoms with Crippen LogP contribution in [-0.2, 0) is 13.5 Å². The number of hydrogen-bond donors (Lipinski definition) is 0. The van der Waals surface area contributed by atoms with Gasteiger partial charge in [0.2, 0.25) is 0 Å². The normalized spacial score (nSPS) is 17.9. The number of nitrogens with zero attached hydrogens (tertiary/aromatic N) is 6. The minimum atomic E-state index is -0.214. The molecular formula is C24H24ClFN6O2. The zero-order chi connectivity index (χ0) is 23.4. The van der Waals surface area contributed by atoms with Crippen molar-refractivity contribution in [1.82, 2.24) is 29.0 Å². The van der Waals surface area contributed by atoms with Crippen LogP contribution in [0.15, 0.2) is 41.8 Å². The number of aryl methyl sites for hydroxylation is 2. The molecule has 4 heterocycles. The molecular weight excluding hydrogens is 459 g/mol. The van der Waals surface area contributed by atoms with Crippen LogP contribution in [-0.4, -0.2) is 54.8 Å². The van der Waals surface area contributed by atoms with Gasteiger partial charge in [0.25, 0.3) is 5.56 Å². The summed E-state index contributed by atoms with van der Waals surface area (Å²) in [5.74, 6) is 0.397. The number of ether oxygens (including phenoxy) is 1. The van der Waals surface area contributed by atoms with E-state index in [0.29, 0.717) is 44.7 Å². The summed E-state index contributed by atoms with van der Waals surface area (Å²) in [5.41, 5.74) is 2.00. The molecule has 0 bridgehead atoms. The first-order valence-electron chi connectivity index (χ1n) is 11.4. The van der Waals surface area contributed by atoms with Crippen molar-refractivity contribution < 1.29 is 9.13 Å². The second-order valence-corrected chi connectivity index (χ2v) is 10.0. The molecule has 1 saturated heterocycles. The fourth-order valence-corrected chi connectivity index (χ4v) is 5.64. The van der Waals surface area contributed by atoms with Gasteiger partial charge in [0.1, 0.15) is 29.5 Å². The van der Waals surface area contributed by atoms with E-state index < -0.39 is 0 Å². The second-order valence-electron chi connectivity index (χ2n) is 9.64. The standard InChI is InChI=1S/C24H24ClFN6O2/c1-30-13-27-22-19(5-4-17(25)21(22)23(30)33)34-16-8-24(9-16)11-31(12-24)6-2-3-15-7-20-29-28-14-32(20)10-18(15)26/h4-5,7,10,13-14,16H,2-3,6,8-9,11-12H2,1H3. The Bertz CT molecular complexity index is 1450. The van der Waals surface area contributed by atoms with Gasteiger partial charge in [-0.15, -0.1) is 10.2 Å². The summed E-state index contributed by atoms with van der Waals surface area (Å²) < 4.78 is 23.5. The summed E-state index contributed by atoms with van der Waals surface area (Å²) in [6.07, 6.45) is 8.10. The van der Waals surface area contributed by atoms with Crippen LogP contribution >= 0.6 is 11.6 Å². The Kier molecular flexibility index (Phi) is 5.07. The van der Waals surface area contributed by atoms with Crippen molar-refractivity contribution in [3.05, 3.63) is 63.8 Å². The van der Waals surface area contributed by atoms with Gasteiger partial charge in [-0.25, -0.2) is 9.37 Å². The molecule has 34 heavy (non-hydrogen) atoms. The first-order chi connectivity index (χ1) is 16.4. The van der Waals surface area contributed by atoms with Crippen LogP contribution in [0, 0.1) is 11.2 Å². The predicted molar refractivity (Wildman–Crippen MR) is 126 cm³/mol. The van der Waals surface area contributed by atoms with E-state index in [1.165, 1.54) is 23.4 Å². The van der Waals surface area contributed by atoms with Gasteiger partial charge in [0.05, 0.1) is 16.7 Å². The highest BCUT2D eigenvalue weighted by Crippen LogP contribution is 2.50. The number of hydrogen-bond acceptors (Lipinski definition) is 6. The summed E-state index contributed by atoms with van der Waals surface area (Å²) in [7, 11) is 1.66. The Morgan fingerprint density at radius 3 is 2.91 bits per heavy atom. The Morgan fingerprint density at radius 2 is 2.09 bits per heavy atom. The van der Waals surface area contributed by atoms with Crippen LogP contribution in [0.1, 0.15) is 24.8 Å². The van der Waals surface area contributed by atoms with E-state index in [1.54, 1.807) is 29.6 Å². The molecule has 1 aliphatic carbocycles. The quantitative estimate of drug-likeness (QED) is 0.420. The van der Waals surface area contributed by atoms with E-state index in [1.807, 2.05) is 0 Å². The van der Waals surface area contributed by atoms with Crippen LogP contribution < -0.4 is 10.3 Å². The maximum absolute atomic E-state index is 14.3. The monoisotopic (exact) mass is 482 g/mol. The van der Waals surface area contributed by atoms with E-state index in [2.05, 4.69) is 20.1 Å². The summed E-state index contributed by atoms with van der Waals surface area (Å²) >= 11 is 6.25. The number of fused-ring (bicyclic) bond motifs is 2. The maximum Gasteiger partial charge on any atom is 0.262 e. The van der Waals surface area contributed by atoms with Gasteiger partial charge in [0.15, 0.2) is 5.65 Å². The van der Waals surface area contributed by atoms with Crippen LogP contribution in [0.3, 0.4) is 0 Å². The zero-order valence-corrected chi connectivity index (χ0v) is 19.5. The molecule has 3 aromatic heterocycles. The van der Waals surface area contributed by atoms with Crippen LogP contribution in [0.4, 0.5) is 4.39 Å². The molecule has 1 aliphatic heterocycles. The Labute approximate surface area is 199 Å². The van der Waals surface area contributed by atoms with Crippen molar-refractivity contribution in [1.29, 1.82) is 0 Å². The highest BCUT2D eigenvalue weighted by molar-refractivity contribution is 6.35. The molecule has 1 saturated carbocycles. The van der Waals surface area contributed by atoms with E-state index in [4.69, 9.17) is 16.3 Å². The van der Waals surface area contributed by atoms with Crippen molar-refractivity contribution in [2.24, 2.45) is 12.5 Å². The summed E-state index contributed by atoms with van der Waals surface area (Å²) in [6.45, 7) is 3.02. The fourth-order valence-electron chi connectivity index (χ4n) is 5.40. The first kappa shape index (κ1) is 21.5. The highest BCUT2D eigenvalue weighted by Gasteiger charge is 2.53. The van der Waals surface area contributed by atoms with Gasteiger partial charge < -0.3 is 14.2 Å². The number of halogens is 2. The lowest BCUT2D eigenvalue weighted by atomic mass is 9.61. The van der Waals surface area contributed by atoms with E-state index in [0.717, 1.165) is 38.9 Å². The molecule has 4 aromatic rings. The molecule has 2 aliphatic rings. The van der Waals surface area contributed by atoms with Crippen molar-refractivity contribution >= 4 is 28.2 Å². The molecule has 1 spiro atoms. The number of pyridine rings is 1. The third-order valence-corrected chi connectivity index (χ3v) is 7.42. The summed E-state index contributed by atoms with van der Waals surface area (Å²) in [5, 5.41) is 8.58. The van der Waals surface area contributed by atoms with E-state index >= 15 is 0 Å². The number of benzene rings is 1. The van der Waals surface area contributed by atoms with Crippen molar-refractivity contribution in [3.63, 3.8) is 0 Å². The van der Waals surface area contributed by atoms with Crippen LogP contribution in [0.2, 0.25) is 5.02 Å². The molecule has 2 fully saturated rings. The molecule has 8 nitrogen and oxygen atoms in total. The van der Waals surface area contributed by atoms with Gasteiger partial charge in [-0.3, -0.25) is 9.20 Å². The minimum Gasteiger partial charge on any atom is -0.488 e. The van der Waals surface area contributed by atoms with Gasteiger partial charge in [-0.2, -0.15) is 0 Å². The largest absolute Gasteiger partial charge is 0.488 e. The zero-order valence-electron chi connectivity index (χ0n) is 18.7.